The molecule has 0 radical (unpaired) electrons. The van der Waals surface area contributed by atoms with Crippen molar-refractivity contribution in [1.82, 2.24) is 5.32 Å². The zero-order valence-electron chi connectivity index (χ0n) is 13.4. The van der Waals surface area contributed by atoms with Gasteiger partial charge in [-0.15, -0.1) is 0 Å². The summed E-state index contributed by atoms with van der Waals surface area (Å²) in [6, 6.07) is 14.3. The van der Waals surface area contributed by atoms with Crippen molar-refractivity contribution in [2.24, 2.45) is 0 Å². The Morgan fingerprint density at radius 2 is 1.70 bits per heavy atom. The lowest BCUT2D eigenvalue weighted by molar-refractivity contribution is -0.122. The molecule has 0 heterocycles. The number of para-hydroxylation sites is 1. The van der Waals surface area contributed by atoms with Crippen LogP contribution in [-0.4, -0.2) is 25.0 Å². The molecule has 2 aromatic carbocycles. The standard InChI is InChI=1S/C18H20N2O3/c1-12-8-10-14(11-9-12)23-13(2)17(21)20-16-7-5-4-6-15(16)18(22)19-3/h4-11,13H,1-3H3,(H,19,22)(H,20,21). The molecule has 0 aliphatic heterocycles. The van der Waals surface area contributed by atoms with Gasteiger partial charge in [0, 0.05) is 7.05 Å². The fraction of sp³-hybridized carbons (Fsp3) is 0.222. The lowest BCUT2D eigenvalue weighted by atomic mass is 10.1. The van der Waals surface area contributed by atoms with Crippen LogP contribution in [0.4, 0.5) is 5.69 Å². The Balaban J connectivity index is 2.06. The van der Waals surface area contributed by atoms with E-state index in [-0.39, 0.29) is 11.8 Å². The first-order valence-electron chi connectivity index (χ1n) is 7.36. The second-order valence-electron chi connectivity index (χ2n) is 5.19. The van der Waals surface area contributed by atoms with Gasteiger partial charge in [-0.2, -0.15) is 0 Å². The fourth-order valence-corrected chi connectivity index (χ4v) is 2.03. The molecule has 0 spiro atoms. The molecule has 5 nitrogen and oxygen atoms in total. The number of anilines is 1. The number of carbonyl (C=O) groups is 2. The summed E-state index contributed by atoms with van der Waals surface area (Å²) in [6.45, 7) is 3.65. The van der Waals surface area contributed by atoms with Crippen molar-refractivity contribution in [3.63, 3.8) is 0 Å². The Bertz CT molecular complexity index is 696. The molecule has 2 rings (SSSR count). The molecule has 0 bridgehead atoms. The number of hydrogen-bond donors (Lipinski definition) is 2. The Morgan fingerprint density at radius 3 is 2.35 bits per heavy atom. The molecule has 2 N–H and O–H groups in total. The minimum atomic E-state index is -0.685. The van der Waals surface area contributed by atoms with Crippen LogP contribution in [0.1, 0.15) is 22.8 Å². The summed E-state index contributed by atoms with van der Waals surface area (Å²) in [6.07, 6.45) is -0.685. The van der Waals surface area contributed by atoms with Crippen LogP contribution in [-0.2, 0) is 4.79 Å². The van der Waals surface area contributed by atoms with Crippen LogP contribution in [0.5, 0.6) is 5.75 Å². The van der Waals surface area contributed by atoms with Gasteiger partial charge in [-0.25, -0.2) is 0 Å². The quantitative estimate of drug-likeness (QED) is 0.892. The summed E-state index contributed by atoms with van der Waals surface area (Å²) in [5, 5.41) is 5.28. The number of benzene rings is 2. The highest BCUT2D eigenvalue weighted by molar-refractivity contribution is 6.04. The second-order valence-corrected chi connectivity index (χ2v) is 5.19. The van der Waals surface area contributed by atoms with Gasteiger partial charge in [0.25, 0.3) is 11.8 Å². The van der Waals surface area contributed by atoms with Gasteiger partial charge in [-0.1, -0.05) is 29.8 Å². The van der Waals surface area contributed by atoms with Gasteiger partial charge >= 0.3 is 0 Å². The Hall–Kier alpha value is -2.82. The number of ether oxygens (including phenoxy) is 1. The lowest BCUT2D eigenvalue weighted by Crippen LogP contribution is -2.31. The summed E-state index contributed by atoms with van der Waals surface area (Å²) < 4.78 is 5.62. The van der Waals surface area contributed by atoms with Crippen LogP contribution in [0.2, 0.25) is 0 Å². The van der Waals surface area contributed by atoms with Crippen LogP contribution in [0.25, 0.3) is 0 Å². The average Bonchev–Trinajstić information content (AvgIpc) is 2.56. The minimum Gasteiger partial charge on any atom is -0.481 e. The van der Waals surface area contributed by atoms with Gasteiger partial charge in [0.1, 0.15) is 5.75 Å². The molecule has 0 saturated heterocycles. The first-order valence-corrected chi connectivity index (χ1v) is 7.36. The van der Waals surface area contributed by atoms with E-state index in [0.29, 0.717) is 17.0 Å². The average molecular weight is 312 g/mol. The van der Waals surface area contributed by atoms with Crippen molar-refractivity contribution in [1.29, 1.82) is 0 Å². The van der Waals surface area contributed by atoms with Crippen LogP contribution < -0.4 is 15.4 Å². The molecule has 23 heavy (non-hydrogen) atoms. The molecule has 0 aromatic heterocycles. The molecule has 0 fully saturated rings. The van der Waals surface area contributed by atoms with E-state index in [1.54, 1.807) is 38.2 Å². The van der Waals surface area contributed by atoms with E-state index in [1.807, 2.05) is 31.2 Å². The minimum absolute atomic E-state index is 0.256. The zero-order valence-corrected chi connectivity index (χ0v) is 13.4. The van der Waals surface area contributed by atoms with E-state index in [0.717, 1.165) is 5.56 Å². The van der Waals surface area contributed by atoms with Crippen LogP contribution >= 0.6 is 0 Å². The van der Waals surface area contributed by atoms with Crippen molar-refractivity contribution in [2.75, 3.05) is 12.4 Å². The number of hydrogen-bond acceptors (Lipinski definition) is 3. The smallest absolute Gasteiger partial charge is 0.265 e. The lowest BCUT2D eigenvalue weighted by Gasteiger charge is -2.16. The van der Waals surface area contributed by atoms with Crippen molar-refractivity contribution in [3.8, 4) is 5.75 Å². The number of amides is 2. The number of carbonyl (C=O) groups excluding carboxylic acids is 2. The molecule has 2 amide bonds. The Labute approximate surface area is 135 Å². The van der Waals surface area contributed by atoms with Gasteiger partial charge in [-0.05, 0) is 38.1 Å². The van der Waals surface area contributed by atoms with Crippen molar-refractivity contribution in [2.45, 2.75) is 20.0 Å². The van der Waals surface area contributed by atoms with Gasteiger partial charge in [0.05, 0.1) is 11.3 Å². The zero-order chi connectivity index (χ0) is 16.8. The monoisotopic (exact) mass is 312 g/mol. The third-order valence-corrected chi connectivity index (χ3v) is 3.36. The molecule has 0 saturated carbocycles. The first kappa shape index (κ1) is 16.5. The SMILES string of the molecule is CNC(=O)c1ccccc1NC(=O)C(C)Oc1ccc(C)cc1. The van der Waals surface area contributed by atoms with Crippen molar-refractivity contribution < 1.29 is 14.3 Å². The molecule has 5 heteroatoms. The number of rotatable bonds is 5. The topological polar surface area (TPSA) is 67.4 Å². The molecular weight excluding hydrogens is 292 g/mol. The summed E-state index contributed by atoms with van der Waals surface area (Å²) in [4.78, 5) is 24.1. The molecule has 0 aliphatic rings. The van der Waals surface area contributed by atoms with E-state index in [9.17, 15) is 9.59 Å². The molecular formula is C18H20N2O3. The third kappa shape index (κ3) is 4.32. The van der Waals surface area contributed by atoms with Crippen molar-refractivity contribution in [3.05, 3.63) is 59.7 Å². The predicted molar refractivity (Wildman–Crippen MR) is 89.7 cm³/mol. The van der Waals surface area contributed by atoms with Crippen LogP contribution in [0.3, 0.4) is 0 Å². The molecule has 1 unspecified atom stereocenters. The maximum Gasteiger partial charge on any atom is 0.265 e. The molecule has 0 aliphatic carbocycles. The highest BCUT2D eigenvalue weighted by atomic mass is 16.5. The predicted octanol–water partition coefficient (Wildman–Crippen LogP) is 2.76. The normalized spacial score (nSPS) is 11.4. The molecule has 2 aromatic rings. The van der Waals surface area contributed by atoms with Gasteiger partial charge in [-0.3, -0.25) is 9.59 Å². The Morgan fingerprint density at radius 1 is 1.04 bits per heavy atom. The maximum absolute atomic E-state index is 12.3. The molecule has 120 valence electrons. The van der Waals surface area contributed by atoms with Gasteiger partial charge in [0.2, 0.25) is 0 Å². The maximum atomic E-state index is 12.3. The fourth-order valence-electron chi connectivity index (χ4n) is 2.03. The van der Waals surface area contributed by atoms with E-state index in [4.69, 9.17) is 4.74 Å². The summed E-state index contributed by atoms with van der Waals surface area (Å²) in [5.41, 5.74) is 1.98. The number of aryl methyl sites for hydroxylation is 1. The van der Waals surface area contributed by atoms with Gasteiger partial charge < -0.3 is 15.4 Å². The van der Waals surface area contributed by atoms with E-state index in [1.165, 1.54) is 0 Å². The highest BCUT2D eigenvalue weighted by Crippen LogP contribution is 2.17. The van der Waals surface area contributed by atoms with E-state index < -0.39 is 6.10 Å². The van der Waals surface area contributed by atoms with Crippen LogP contribution in [0, 0.1) is 6.92 Å². The summed E-state index contributed by atoms with van der Waals surface area (Å²) >= 11 is 0. The van der Waals surface area contributed by atoms with Gasteiger partial charge in [0.15, 0.2) is 6.10 Å². The Kier molecular flexibility index (Phi) is 5.36. The summed E-state index contributed by atoms with van der Waals surface area (Å²) in [7, 11) is 1.55. The van der Waals surface area contributed by atoms with Crippen molar-refractivity contribution >= 4 is 17.5 Å². The third-order valence-electron chi connectivity index (χ3n) is 3.36. The number of nitrogens with one attached hydrogen (secondary N) is 2. The largest absolute Gasteiger partial charge is 0.481 e. The second kappa shape index (κ2) is 7.45. The highest BCUT2D eigenvalue weighted by Gasteiger charge is 2.17. The molecule has 1 atom stereocenters. The van der Waals surface area contributed by atoms with E-state index in [2.05, 4.69) is 10.6 Å². The summed E-state index contributed by atoms with van der Waals surface area (Å²) in [5.74, 6) is 0.0489. The van der Waals surface area contributed by atoms with E-state index >= 15 is 0 Å². The first-order chi connectivity index (χ1) is 11.0. The van der Waals surface area contributed by atoms with Crippen LogP contribution in [0.15, 0.2) is 48.5 Å².